The maximum Gasteiger partial charge on any atom is 0.166 e. The van der Waals surface area contributed by atoms with E-state index in [1.807, 2.05) is 61.2 Å². The monoisotopic (exact) mass is 892 g/mol. The lowest BCUT2D eigenvalue weighted by atomic mass is 9.95. The Balaban J connectivity index is 0.000000117. The predicted molar refractivity (Wildman–Crippen MR) is 280 cm³/mol. The summed E-state index contributed by atoms with van der Waals surface area (Å²) < 4.78 is 4.29. The van der Waals surface area contributed by atoms with E-state index in [2.05, 4.69) is 123 Å². The van der Waals surface area contributed by atoms with Gasteiger partial charge in [0.25, 0.3) is 0 Å². The Bertz CT molecular complexity index is 4730. The van der Waals surface area contributed by atoms with Gasteiger partial charge in [-0.1, -0.05) is 84.9 Å². The average Bonchev–Trinajstić information content (AvgIpc) is 4.27. The van der Waals surface area contributed by atoms with Crippen molar-refractivity contribution in [1.82, 2.24) is 38.7 Å². The summed E-state index contributed by atoms with van der Waals surface area (Å²) in [7, 11) is 0. The molecule has 0 amide bonds. The number of aromatic nitrogens is 8. The van der Waals surface area contributed by atoms with Crippen LogP contribution >= 0.6 is 0 Å². The molecule has 4 aliphatic rings. The molecule has 18 rings (SSSR count). The van der Waals surface area contributed by atoms with E-state index in [0.29, 0.717) is 0 Å². The second kappa shape index (κ2) is 13.3. The van der Waals surface area contributed by atoms with Gasteiger partial charge < -0.3 is 0 Å². The molecule has 0 atom stereocenters. The van der Waals surface area contributed by atoms with Crippen LogP contribution < -0.4 is 0 Å². The van der Waals surface area contributed by atoms with Crippen molar-refractivity contribution >= 4 is 77.2 Å². The number of hydrogen-bond acceptors (Lipinski definition) is 6. The summed E-state index contributed by atoms with van der Waals surface area (Å²) in [6.45, 7) is 0. The third kappa shape index (κ3) is 4.74. The molecule has 8 nitrogen and oxygen atoms in total. The van der Waals surface area contributed by atoms with Crippen LogP contribution in [0.1, 0.15) is 44.5 Å². The zero-order valence-corrected chi connectivity index (χ0v) is 37.6. The molecule has 0 fully saturated rings. The molecule has 8 aromatic heterocycles. The van der Waals surface area contributed by atoms with Crippen LogP contribution in [0.15, 0.2) is 170 Å². The first kappa shape index (κ1) is 36.9. The van der Waals surface area contributed by atoms with Gasteiger partial charge in [0.15, 0.2) is 11.3 Å². The number of rotatable bonds is 0. The molecule has 0 unspecified atom stereocenters. The second-order valence-electron chi connectivity index (χ2n) is 19.3. The van der Waals surface area contributed by atoms with Gasteiger partial charge in [-0.15, -0.1) is 0 Å². The molecule has 4 aliphatic carbocycles. The SMILES string of the molecule is c1ccc2c(c1)Cc1cc3c(cc1-2)Cc1c-3ccc2c3cccnc3n3c4ncccc4nc3c12.c1ccc2c(c1)Cc1ccc3c(c1-2)Cc1c-3ccc2c3cccnc3n3c4ncccc4nc3c12. The predicted octanol–water partition coefficient (Wildman–Crippen LogP) is 13.5. The minimum absolute atomic E-state index is 0.857. The van der Waals surface area contributed by atoms with Crippen molar-refractivity contribution in [2.24, 2.45) is 0 Å². The number of nitrogens with zero attached hydrogens (tertiary/aromatic N) is 8. The summed E-state index contributed by atoms with van der Waals surface area (Å²) in [6, 6.07) is 52.7. The number of hydrogen-bond donors (Lipinski definition) is 0. The second-order valence-corrected chi connectivity index (χ2v) is 19.3. The molecule has 0 saturated heterocycles. The molecule has 0 radical (unpaired) electrons. The molecule has 8 heteroatoms. The molecule has 0 aliphatic heterocycles. The van der Waals surface area contributed by atoms with Crippen molar-refractivity contribution in [3.05, 3.63) is 215 Å². The molecule has 324 valence electrons. The van der Waals surface area contributed by atoms with Crippen molar-refractivity contribution in [3.8, 4) is 44.5 Å². The van der Waals surface area contributed by atoms with E-state index < -0.39 is 0 Å². The van der Waals surface area contributed by atoms with Crippen molar-refractivity contribution in [3.63, 3.8) is 0 Å². The molecular weight excluding hydrogens is 857 g/mol. The first-order valence-electron chi connectivity index (χ1n) is 24.1. The lowest BCUT2D eigenvalue weighted by molar-refractivity contribution is 1.19. The van der Waals surface area contributed by atoms with E-state index in [4.69, 9.17) is 24.9 Å². The highest BCUT2D eigenvalue weighted by atomic mass is 15.1. The van der Waals surface area contributed by atoms with Crippen molar-refractivity contribution in [2.75, 3.05) is 0 Å². The molecule has 14 aromatic rings. The molecule has 6 aromatic carbocycles. The van der Waals surface area contributed by atoms with Gasteiger partial charge in [0.1, 0.15) is 33.6 Å². The highest BCUT2D eigenvalue weighted by Gasteiger charge is 2.32. The summed E-state index contributed by atoms with van der Waals surface area (Å²) in [4.78, 5) is 29.1. The Labute approximate surface area is 399 Å². The summed E-state index contributed by atoms with van der Waals surface area (Å²) in [5, 5.41) is 7.12. The van der Waals surface area contributed by atoms with E-state index in [-0.39, 0.29) is 0 Å². The van der Waals surface area contributed by atoms with Crippen LogP contribution in [0.5, 0.6) is 0 Å². The van der Waals surface area contributed by atoms with Crippen LogP contribution in [0, 0.1) is 0 Å². The highest BCUT2D eigenvalue weighted by molar-refractivity contribution is 6.17. The average molecular weight is 893 g/mol. The van der Waals surface area contributed by atoms with E-state index in [9.17, 15) is 0 Å². The zero-order chi connectivity index (χ0) is 45.3. The molecule has 0 saturated carbocycles. The Hall–Kier alpha value is -9.14. The van der Waals surface area contributed by atoms with Crippen LogP contribution in [0.4, 0.5) is 0 Å². The van der Waals surface area contributed by atoms with Crippen LogP contribution in [0.25, 0.3) is 122 Å². The first-order valence-corrected chi connectivity index (χ1v) is 24.1. The largest absolute Gasteiger partial charge is 0.260 e. The van der Waals surface area contributed by atoms with E-state index in [0.717, 1.165) is 81.4 Å². The van der Waals surface area contributed by atoms with Crippen molar-refractivity contribution in [2.45, 2.75) is 25.7 Å². The summed E-state index contributed by atoms with van der Waals surface area (Å²) in [5.74, 6) is 0. The minimum atomic E-state index is 0.857. The van der Waals surface area contributed by atoms with Crippen LogP contribution in [0.2, 0.25) is 0 Å². The molecule has 70 heavy (non-hydrogen) atoms. The van der Waals surface area contributed by atoms with Crippen LogP contribution in [0.3, 0.4) is 0 Å². The van der Waals surface area contributed by atoms with Gasteiger partial charge in [0, 0.05) is 52.8 Å². The topological polar surface area (TPSA) is 86.2 Å². The fourth-order valence-electron chi connectivity index (χ4n) is 13.0. The Morgan fingerprint density at radius 2 is 0.786 bits per heavy atom. The quantitative estimate of drug-likeness (QED) is 0.141. The summed E-state index contributed by atoms with van der Waals surface area (Å²) >= 11 is 0. The fourth-order valence-corrected chi connectivity index (χ4v) is 13.0. The minimum Gasteiger partial charge on any atom is -0.260 e. The maximum atomic E-state index is 5.10. The van der Waals surface area contributed by atoms with E-state index in [1.54, 1.807) is 0 Å². The first-order chi connectivity index (χ1) is 34.7. The van der Waals surface area contributed by atoms with Gasteiger partial charge in [-0.25, -0.2) is 29.9 Å². The Morgan fingerprint density at radius 1 is 0.300 bits per heavy atom. The fraction of sp³-hybridized carbons (Fsp3) is 0.0645. The van der Waals surface area contributed by atoms with Gasteiger partial charge in [-0.3, -0.25) is 8.80 Å². The number of fused-ring (bicyclic) bond motifs is 31. The van der Waals surface area contributed by atoms with Gasteiger partial charge in [-0.05, 0) is 180 Å². The summed E-state index contributed by atoms with van der Waals surface area (Å²) in [5.41, 5.74) is 29.5. The van der Waals surface area contributed by atoms with Crippen molar-refractivity contribution in [1.29, 1.82) is 0 Å². The molecule has 0 N–H and O–H groups in total. The van der Waals surface area contributed by atoms with E-state index in [1.165, 1.54) is 111 Å². The Kier molecular flexibility index (Phi) is 7.02. The normalized spacial score (nSPS) is 13.5. The van der Waals surface area contributed by atoms with Gasteiger partial charge in [-0.2, -0.15) is 0 Å². The standard InChI is InChI=1S/2C31H18N4/c1-2-6-19-17(5-1)15-18-9-10-20-21-11-12-22-23-7-3-13-32-29(23)35-30-26(8-4-14-33-30)34-31(35)28(22)25(21)16-24(20)27(18)19;1-2-6-20-17(5-1)13-18-14-25-19(15-24(18)20)16-26-21(25)9-10-22-23-7-3-11-32-29(23)35-30-27(8-4-12-33-30)34-31(35)28(22)26/h1-14H,15-16H2;1-12,14-15H,13,16H2. The van der Waals surface area contributed by atoms with Gasteiger partial charge >= 0.3 is 0 Å². The molecule has 8 heterocycles. The number of imidazole rings is 2. The third-order valence-electron chi connectivity index (χ3n) is 15.9. The molecule has 0 bridgehead atoms. The van der Waals surface area contributed by atoms with Gasteiger partial charge in [0.05, 0.1) is 0 Å². The highest BCUT2D eigenvalue weighted by Crippen LogP contribution is 2.51. The third-order valence-corrected chi connectivity index (χ3v) is 15.9. The lowest BCUT2D eigenvalue weighted by Crippen LogP contribution is -1.97. The van der Waals surface area contributed by atoms with Crippen LogP contribution in [-0.4, -0.2) is 38.7 Å². The smallest absolute Gasteiger partial charge is 0.166 e. The maximum absolute atomic E-state index is 5.10. The Morgan fingerprint density at radius 3 is 1.44 bits per heavy atom. The van der Waals surface area contributed by atoms with Gasteiger partial charge in [0.2, 0.25) is 0 Å². The number of benzene rings is 6. The molecule has 0 spiro atoms. The zero-order valence-electron chi connectivity index (χ0n) is 37.6. The van der Waals surface area contributed by atoms with Crippen LogP contribution in [-0.2, 0) is 25.7 Å². The number of pyridine rings is 6. The van der Waals surface area contributed by atoms with E-state index >= 15 is 0 Å². The lowest BCUT2D eigenvalue weighted by Gasteiger charge is -2.11. The molecular formula is C62H36N8. The summed E-state index contributed by atoms with van der Waals surface area (Å²) in [6.07, 6.45) is 11.2. The van der Waals surface area contributed by atoms with Crippen molar-refractivity contribution < 1.29 is 0 Å².